The van der Waals surface area contributed by atoms with Crippen LogP contribution in [-0.4, -0.2) is 36.8 Å². The van der Waals surface area contributed by atoms with E-state index in [1.54, 1.807) is 36.7 Å². The molecule has 4 rings (SSSR count). The molecule has 0 spiro atoms. The van der Waals surface area contributed by atoms with Gasteiger partial charge in [-0.15, -0.1) is 0 Å². The molecule has 2 aliphatic rings. The fraction of sp³-hybridized carbons (Fsp3) is 0.308. The van der Waals surface area contributed by atoms with Crippen molar-refractivity contribution in [2.75, 3.05) is 12.0 Å². The van der Waals surface area contributed by atoms with Crippen molar-refractivity contribution in [3.8, 4) is 0 Å². The maximum atomic E-state index is 12.8. The number of carbonyl (C=O) groups is 1. The number of pyridine rings is 2. The molecule has 3 N–H and O–H groups in total. The van der Waals surface area contributed by atoms with Gasteiger partial charge < -0.3 is 11.1 Å². The van der Waals surface area contributed by atoms with E-state index in [9.17, 15) is 13.2 Å². The molecule has 2 aromatic heterocycles. The van der Waals surface area contributed by atoms with E-state index in [4.69, 9.17) is 5.73 Å². The summed E-state index contributed by atoms with van der Waals surface area (Å²) in [5.41, 5.74) is 11.3. The number of rotatable bonds is 6. The number of fused-ring (bicyclic) bond motifs is 1. The van der Waals surface area contributed by atoms with Gasteiger partial charge in [-0.3, -0.25) is 14.8 Å². The molecule has 0 fully saturated rings. The smallest absolute Gasteiger partial charge is 0.251 e. The summed E-state index contributed by atoms with van der Waals surface area (Å²) in [6, 6.07) is 5.18. The zero-order valence-corrected chi connectivity index (χ0v) is 21.1. The van der Waals surface area contributed by atoms with Gasteiger partial charge >= 0.3 is 0 Å². The minimum atomic E-state index is -3.40. The third kappa shape index (κ3) is 5.57. The fourth-order valence-electron chi connectivity index (χ4n) is 4.53. The molecular formula is C26H29N5O3S. The summed E-state index contributed by atoms with van der Waals surface area (Å²) in [7, 11) is -3.40. The van der Waals surface area contributed by atoms with Crippen molar-refractivity contribution in [3.63, 3.8) is 0 Å². The molecular weight excluding hydrogens is 462 g/mol. The van der Waals surface area contributed by atoms with E-state index in [0.29, 0.717) is 34.9 Å². The number of nitrogen functional groups attached to an aromatic ring is 1. The molecule has 182 valence electrons. The first-order chi connectivity index (χ1) is 16.5. The minimum Gasteiger partial charge on any atom is -0.384 e. The molecule has 0 aromatic carbocycles. The highest BCUT2D eigenvalue weighted by Crippen LogP contribution is 2.36. The van der Waals surface area contributed by atoms with Crippen LogP contribution in [0.1, 0.15) is 39.8 Å². The van der Waals surface area contributed by atoms with Crippen LogP contribution in [0.15, 0.2) is 63.8 Å². The van der Waals surface area contributed by atoms with Gasteiger partial charge in [0.2, 0.25) is 0 Å². The second kappa shape index (κ2) is 9.58. The molecule has 0 saturated heterocycles. The summed E-state index contributed by atoms with van der Waals surface area (Å²) in [6.07, 6.45) is 10.7. The molecule has 1 aliphatic carbocycles. The number of carbonyl (C=O) groups excluding carboxylic acids is 1. The normalized spacial score (nSPS) is 19.4. The van der Waals surface area contributed by atoms with E-state index in [0.717, 1.165) is 28.1 Å². The van der Waals surface area contributed by atoms with Crippen molar-refractivity contribution in [2.45, 2.75) is 33.7 Å². The van der Waals surface area contributed by atoms with Crippen LogP contribution in [0.25, 0.3) is 0 Å². The number of hydrogen-bond acceptors (Lipinski definition) is 7. The number of amides is 1. The van der Waals surface area contributed by atoms with Crippen molar-refractivity contribution in [1.82, 2.24) is 15.3 Å². The fourth-order valence-corrected chi connectivity index (χ4v) is 5.60. The Morgan fingerprint density at radius 2 is 1.94 bits per heavy atom. The van der Waals surface area contributed by atoms with Crippen molar-refractivity contribution < 1.29 is 13.2 Å². The van der Waals surface area contributed by atoms with E-state index in [2.05, 4.69) is 26.4 Å². The first-order valence-corrected chi connectivity index (χ1v) is 13.2. The van der Waals surface area contributed by atoms with Crippen LogP contribution in [0.4, 0.5) is 5.82 Å². The predicted molar refractivity (Wildman–Crippen MR) is 137 cm³/mol. The summed E-state index contributed by atoms with van der Waals surface area (Å²) < 4.78 is 24.9. The van der Waals surface area contributed by atoms with Gasteiger partial charge in [0.25, 0.3) is 5.91 Å². The predicted octanol–water partition coefficient (Wildman–Crippen LogP) is 3.24. The standard InChI is InChI=1S/C26H29N5O3S/c1-15-7-25(27)31-17(3)22(15)13-30-26(32)19-5-6-28-21(12-19)10-18-9-20-8-16(2)29-14-23(20)24(11-18)35(4,33)34/h5-9,11-12,14,20,23H,10,13H2,1-4H3,(H2,27,31)(H,30,32). The summed E-state index contributed by atoms with van der Waals surface area (Å²) in [5.74, 6) is -0.145. The Bertz CT molecular complexity index is 1400. The first kappa shape index (κ1) is 24.5. The monoisotopic (exact) mass is 491 g/mol. The maximum absolute atomic E-state index is 12.8. The van der Waals surface area contributed by atoms with Gasteiger partial charge in [-0.1, -0.05) is 12.2 Å². The number of sulfone groups is 1. The highest BCUT2D eigenvalue weighted by atomic mass is 32.2. The average molecular weight is 492 g/mol. The molecule has 0 radical (unpaired) electrons. The molecule has 0 saturated carbocycles. The van der Waals surface area contributed by atoms with E-state index in [-0.39, 0.29) is 17.7 Å². The Morgan fingerprint density at radius 1 is 1.17 bits per heavy atom. The lowest BCUT2D eigenvalue weighted by molar-refractivity contribution is 0.0950. The number of aliphatic imine (C=N–C) groups is 1. The first-order valence-electron chi connectivity index (χ1n) is 11.3. The Kier molecular flexibility index (Phi) is 6.71. The summed E-state index contributed by atoms with van der Waals surface area (Å²) in [6.45, 7) is 6.03. The Balaban J connectivity index is 1.53. The van der Waals surface area contributed by atoms with Gasteiger partial charge in [0.1, 0.15) is 5.82 Å². The molecule has 2 unspecified atom stereocenters. The van der Waals surface area contributed by atoms with Gasteiger partial charge in [0, 0.05) is 66.1 Å². The second-order valence-corrected chi connectivity index (χ2v) is 11.1. The summed E-state index contributed by atoms with van der Waals surface area (Å²) in [5, 5.41) is 2.94. The molecule has 1 amide bonds. The van der Waals surface area contributed by atoms with Crippen LogP contribution in [0.3, 0.4) is 0 Å². The lowest BCUT2D eigenvalue weighted by Crippen LogP contribution is -2.26. The van der Waals surface area contributed by atoms with Crippen LogP contribution in [0, 0.1) is 25.7 Å². The molecule has 2 atom stereocenters. The van der Waals surface area contributed by atoms with E-state index in [1.807, 2.05) is 26.8 Å². The largest absolute Gasteiger partial charge is 0.384 e. The molecule has 8 nitrogen and oxygen atoms in total. The molecule has 0 bridgehead atoms. The number of anilines is 1. The third-order valence-electron chi connectivity index (χ3n) is 6.24. The van der Waals surface area contributed by atoms with Crippen molar-refractivity contribution in [2.24, 2.45) is 16.8 Å². The molecule has 2 aromatic rings. The number of allylic oxidation sites excluding steroid dienone is 6. The topological polar surface area (TPSA) is 127 Å². The van der Waals surface area contributed by atoms with Crippen LogP contribution in [0.2, 0.25) is 0 Å². The highest BCUT2D eigenvalue weighted by molar-refractivity contribution is 7.94. The van der Waals surface area contributed by atoms with Gasteiger partial charge in [0.05, 0.1) is 4.91 Å². The number of nitrogens with two attached hydrogens (primary N) is 1. The molecule has 35 heavy (non-hydrogen) atoms. The van der Waals surface area contributed by atoms with E-state index in [1.165, 1.54) is 6.26 Å². The number of hydrogen-bond donors (Lipinski definition) is 2. The Hall–Kier alpha value is -3.59. The highest BCUT2D eigenvalue weighted by Gasteiger charge is 2.32. The molecule has 1 aliphatic heterocycles. The van der Waals surface area contributed by atoms with Crippen molar-refractivity contribution >= 4 is 27.8 Å². The maximum Gasteiger partial charge on any atom is 0.251 e. The van der Waals surface area contributed by atoms with E-state index >= 15 is 0 Å². The van der Waals surface area contributed by atoms with Gasteiger partial charge in [-0.2, -0.15) is 0 Å². The van der Waals surface area contributed by atoms with Crippen LogP contribution in [-0.2, 0) is 22.8 Å². The van der Waals surface area contributed by atoms with Crippen LogP contribution < -0.4 is 11.1 Å². The zero-order valence-electron chi connectivity index (χ0n) is 20.2. The van der Waals surface area contributed by atoms with Crippen LogP contribution in [0.5, 0.6) is 0 Å². The van der Waals surface area contributed by atoms with Gasteiger partial charge in [-0.25, -0.2) is 13.4 Å². The minimum absolute atomic E-state index is 0.0799. The average Bonchev–Trinajstić information content (AvgIpc) is 2.77. The lowest BCUT2D eigenvalue weighted by Gasteiger charge is -2.28. The van der Waals surface area contributed by atoms with Crippen molar-refractivity contribution in [3.05, 3.63) is 86.9 Å². The zero-order chi connectivity index (χ0) is 25.3. The second-order valence-electron chi connectivity index (χ2n) is 9.07. The Labute approximate surface area is 205 Å². The molecule has 9 heteroatoms. The van der Waals surface area contributed by atoms with E-state index < -0.39 is 9.84 Å². The van der Waals surface area contributed by atoms with Crippen LogP contribution >= 0.6 is 0 Å². The lowest BCUT2D eigenvalue weighted by atomic mass is 9.83. The summed E-state index contributed by atoms with van der Waals surface area (Å²) >= 11 is 0. The third-order valence-corrected chi connectivity index (χ3v) is 7.49. The number of nitrogens with zero attached hydrogens (tertiary/aromatic N) is 3. The number of aromatic nitrogens is 2. The SMILES string of the molecule is CC1=CC2C=C(Cc3cc(C(=O)NCc4c(C)cc(N)nc4C)ccn3)C=C(S(C)(=O)=O)C2C=N1. The van der Waals surface area contributed by atoms with Gasteiger partial charge in [-0.05, 0) is 61.7 Å². The summed E-state index contributed by atoms with van der Waals surface area (Å²) in [4.78, 5) is 26.2. The number of nitrogens with one attached hydrogen (secondary N) is 1. The van der Waals surface area contributed by atoms with Gasteiger partial charge in [0.15, 0.2) is 9.84 Å². The quantitative estimate of drug-likeness (QED) is 0.639. The Morgan fingerprint density at radius 3 is 2.66 bits per heavy atom. The number of aryl methyl sites for hydroxylation is 2. The van der Waals surface area contributed by atoms with Crippen molar-refractivity contribution in [1.29, 1.82) is 0 Å². The molecule has 3 heterocycles.